The highest BCUT2D eigenvalue weighted by Gasteiger charge is 2.48. The summed E-state index contributed by atoms with van der Waals surface area (Å²) in [5.74, 6) is -0.797. The first-order valence-electron chi connectivity index (χ1n) is 7.89. The molecule has 2 fully saturated rings. The van der Waals surface area contributed by atoms with E-state index < -0.39 is 12.1 Å². The lowest BCUT2D eigenvalue weighted by Gasteiger charge is -2.34. The smallest absolute Gasteiger partial charge is 0.393 e. The van der Waals surface area contributed by atoms with Crippen LogP contribution in [0.3, 0.4) is 0 Å². The largest absolute Gasteiger partial charge is 0.497 e. The van der Waals surface area contributed by atoms with Crippen LogP contribution in [0, 0.1) is 11.8 Å². The van der Waals surface area contributed by atoms with Gasteiger partial charge in [0.1, 0.15) is 5.75 Å². The van der Waals surface area contributed by atoms with E-state index in [1.165, 1.54) is 4.90 Å². The SMILES string of the molecule is COc1ccc(C2CC2C(=O)N2CCCC(C(F)(F)F)C2)cc1. The number of piperidine rings is 1. The fourth-order valence-electron chi connectivity index (χ4n) is 3.37. The van der Waals surface area contributed by atoms with Crippen molar-refractivity contribution in [3.8, 4) is 5.75 Å². The van der Waals surface area contributed by atoms with Crippen molar-refractivity contribution in [2.45, 2.75) is 31.4 Å². The lowest BCUT2D eigenvalue weighted by Crippen LogP contribution is -2.45. The number of carbonyl (C=O) groups is 1. The molecule has 1 aliphatic carbocycles. The zero-order chi connectivity index (χ0) is 16.6. The third-order valence-corrected chi connectivity index (χ3v) is 4.85. The van der Waals surface area contributed by atoms with Gasteiger partial charge in [0.2, 0.25) is 5.91 Å². The van der Waals surface area contributed by atoms with E-state index in [1.54, 1.807) is 7.11 Å². The van der Waals surface area contributed by atoms with Gasteiger partial charge in [0.15, 0.2) is 0 Å². The minimum absolute atomic E-state index is 0.125. The Kier molecular flexibility index (Phi) is 4.25. The van der Waals surface area contributed by atoms with Gasteiger partial charge in [0, 0.05) is 19.0 Å². The molecule has 0 spiro atoms. The fourth-order valence-corrected chi connectivity index (χ4v) is 3.37. The molecule has 0 aromatic heterocycles. The van der Waals surface area contributed by atoms with Crippen molar-refractivity contribution in [2.24, 2.45) is 11.8 Å². The molecular formula is C17H20F3NO2. The predicted molar refractivity (Wildman–Crippen MR) is 79.2 cm³/mol. The Balaban J connectivity index is 1.61. The number of rotatable bonds is 3. The standard InChI is InChI=1S/C17H20F3NO2/c1-23-13-6-4-11(5-7-13)14-9-15(14)16(22)21-8-2-3-12(10-21)17(18,19)20/h4-7,12,14-15H,2-3,8-10H2,1H3. The van der Waals surface area contributed by atoms with E-state index in [1.807, 2.05) is 24.3 Å². The van der Waals surface area contributed by atoms with Crippen molar-refractivity contribution in [1.29, 1.82) is 0 Å². The molecule has 1 saturated carbocycles. The number of alkyl halides is 3. The number of nitrogens with zero attached hydrogens (tertiary/aromatic N) is 1. The van der Waals surface area contributed by atoms with E-state index >= 15 is 0 Å². The lowest BCUT2D eigenvalue weighted by molar-refractivity contribution is -0.188. The predicted octanol–water partition coefficient (Wildman–Crippen LogP) is 3.60. The summed E-state index contributed by atoms with van der Waals surface area (Å²) < 4.78 is 43.7. The molecule has 3 nitrogen and oxygen atoms in total. The van der Waals surface area contributed by atoms with Gasteiger partial charge in [-0.3, -0.25) is 4.79 Å². The number of amides is 1. The second-order valence-corrected chi connectivity index (χ2v) is 6.39. The summed E-state index contributed by atoms with van der Waals surface area (Å²) in [5.41, 5.74) is 1.05. The van der Waals surface area contributed by atoms with Crippen molar-refractivity contribution in [1.82, 2.24) is 4.90 Å². The number of hydrogen-bond donors (Lipinski definition) is 0. The van der Waals surface area contributed by atoms with Crippen LogP contribution in [0.1, 0.15) is 30.7 Å². The van der Waals surface area contributed by atoms with Gasteiger partial charge in [-0.15, -0.1) is 0 Å². The molecule has 6 heteroatoms. The summed E-state index contributed by atoms with van der Waals surface area (Å²) in [6.07, 6.45) is -2.94. The molecule has 3 atom stereocenters. The Morgan fingerprint density at radius 1 is 1.26 bits per heavy atom. The molecule has 1 aromatic carbocycles. The van der Waals surface area contributed by atoms with Gasteiger partial charge >= 0.3 is 6.18 Å². The minimum Gasteiger partial charge on any atom is -0.497 e. The van der Waals surface area contributed by atoms with Crippen LogP contribution in [-0.4, -0.2) is 37.2 Å². The number of benzene rings is 1. The number of ether oxygens (including phenoxy) is 1. The Morgan fingerprint density at radius 2 is 1.96 bits per heavy atom. The van der Waals surface area contributed by atoms with Crippen LogP contribution in [0.5, 0.6) is 5.75 Å². The summed E-state index contributed by atoms with van der Waals surface area (Å²) in [5, 5.41) is 0. The highest BCUT2D eigenvalue weighted by molar-refractivity contribution is 5.83. The maximum atomic E-state index is 12.9. The van der Waals surface area contributed by atoms with E-state index in [2.05, 4.69) is 0 Å². The molecule has 1 heterocycles. The van der Waals surface area contributed by atoms with Crippen molar-refractivity contribution < 1.29 is 22.7 Å². The fraction of sp³-hybridized carbons (Fsp3) is 0.588. The lowest BCUT2D eigenvalue weighted by atomic mass is 9.97. The Labute approximate surface area is 133 Å². The first-order valence-corrected chi connectivity index (χ1v) is 7.89. The van der Waals surface area contributed by atoms with E-state index in [-0.39, 0.29) is 30.7 Å². The van der Waals surface area contributed by atoms with E-state index in [0.717, 1.165) is 17.7 Å². The van der Waals surface area contributed by atoms with Crippen LogP contribution < -0.4 is 4.74 Å². The summed E-state index contributed by atoms with van der Waals surface area (Å²) in [4.78, 5) is 13.9. The van der Waals surface area contributed by atoms with Gasteiger partial charge in [-0.05, 0) is 42.9 Å². The topological polar surface area (TPSA) is 29.5 Å². The quantitative estimate of drug-likeness (QED) is 0.849. The van der Waals surface area contributed by atoms with E-state index in [9.17, 15) is 18.0 Å². The maximum Gasteiger partial charge on any atom is 0.393 e. The molecule has 0 radical (unpaired) electrons. The van der Waals surface area contributed by atoms with Crippen LogP contribution >= 0.6 is 0 Å². The van der Waals surface area contributed by atoms with E-state index in [0.29, 0.717) is 13.0 Å². The molecule has 3 unspecified atom stereocenters. The molecule has 1 saturated heterocycles. The summed E-state index contributed by atoms with van der Waals surface area (Å²) in [7, 11) is 1.59. The number of halogens is 3. The van der Waals surface area contributed by atoms with Gasteiger partial charge in [-0.2, -0.15) is 13.2 Å². The Bertz CT molecular complexity index is 570. The molecular weight excluding hydrogens is 307 g/mol. The summed E-state index contributed by atoms with van der Waals surface area (Å²) in [6.45, 7) is 0.255. The molecule has 1 aliphatic heterocycles. The zero-order valence-corrected chi connectivity index (χ0v) is 13.0. The van der Waals surface area contributed by atoms with Crippen molar-refractivity contribution >= 4 is 5.91 Å². The summed E-state index contributed by atoms with van der Waals surface area (Å²) in [6, 6.07) is 7.53. The van der Waals surface area contributed by atoms with Crippen LogP contribution in [0.25, 0.3) is 0 Å². The molecule has 23 heavy (non-hydrogen) atoms. The summed E-state index contributed by atoms with van der Waals surface area (Å²) >= 11 is 0. The second kappa shape index (κ2) is 6.06. The molecule has 0 bridgehead atoms. The van der Waals surface area contributed by atoms with Crippen molar-refractivity contribution in [2.75, 3.05) is 20.2 Å². The van der Waals surface area contributed by atoms with Gasteiger partial charge in [-0.1, -0.05) is 12.1 Å². The average Bonchev–Trinajstić information content (AvgIpc) is 3.34. The Hall–Kier alpha value is -1.72. The van der Waals surface area contributed by atoms with E-state index in [4.69, 9.17) is 4.74 Å². The van der Waals surface area contributed by atoms with Gasteiger partial charge in [-0.25, -0.2) is 0 Å². The number of hydrogen-bond acceptors (Lipinski definition) is 2. The third kappa shape index (κ3) is 3.46. The second-order valence-electron chi connectivity index (χ2n) is 6.39. The first kappa shape index (κ1) is 16.1. The monoisotopic (exact) mass is 327 g/mol. The van der Waals surface area contributed by atoms with Gasteiger partial charge in [0.25, 0.3) is 0 Å². The van der Waals surface area contributed by atoms with Crippen LogP contribution in [0.2, 0.25) is 0 Å². The average molecular weight is 327 g/mol. The third-order valence-electron chi connectivity index (χ3n) is 4.85. The van der Waals surface area contributed by atoms with Crippen molar-refractivity contribution in [3.63, 3.8) is 0 Å². The van der Waals surface area contributed by atoms with Crippen LogP contribution in [0.4, 0.5) is 13.2 Å². The molecule has 126 valence electrons. The highest BCUT2D eigenvalue weighted by atomic mass is 19.4. The van der Waals surface area contributed by atoms with Gasteiger partial charge in [0.05, 0.1) is 13.0 Å². The highest BCUT2D eigenvalue weighted by Crippen LogP contribution is 2.49. The van der Waals surface area contributed by atoms with Gasteiger partial charge < -0.3 is 9.64 Å². The zero-order valence-electron chi connectivity index (χ0n) is 13.0. The van der Waals surface area contributed by atoms with Crippen LogP contribution in [0.15, 0.2) is 24.3 Å². The Morgan fingerprint density at radius 3 is 2.57 bits per heavy atom. The molecule has 0 N–H and O–H groups in total. The molecule has 1 aromatic rings. The molecule has 2 aliphatic rings. The molecule has 1 amide bonds. The number of carbonyl (C=O) groups excluding carboxylic acids is 1. The first-order chi connectivity index (χ1) is 10.9. The number of likely N-dealkylation sites (tertiary alicyclic amines) is 1. The number of methoxy groups -OCH3 is 1. The molecule has 3 rings (SSSR count). The minimum atomic E-state index is -4.21. The van der Waals surface area contributed by atoms with Crippen molar-refractivity contribution in [3.05, 3.63) is 29.8 Å². The normalized spacial score (nSPS) is 27.7. The maximum absolute atomic E-state index is 12.9. The van der Waals surface area contributed by atoms with Crippen LogP contribution in [-0.2, 0) is 4.79 Å².